The van der Waals surface area contributed by atoms with Crippen LogP contribution in [-0.4, -0.2) is 10.9 Å². The van der Waals surface area contributed by atoms with Crippen LogP contribution in [0.3, 0.4) is 0 Å². The molecular weight excluding hydrogens is 319 g/mol. The molecule has 20 heavy (non-hydrogen) atoms. The summed E-state index contributed by atoms with van der Waals surface area (Å²) in [6.07, 6.45) is 3.34. The van der Waals surface area contributed by atoms with Crippen LogP contribution in [0.1, 0.15) is 19.4 Å². The van der Waals surface area contributed by atoms with Crippen LogP contribution in [0.25, 0.3) is 0 Å². The Kier molecular flexibility index (Phi) is 4.62. The average Bonchev–Trinajstić information content (AvgIpc) is 2.88. The second-order valence-corrected chi connectivity index (χ2v) is 6.82. The van der Waals surface area contributed by atoms with Crippen molar-refractivity contribution in [2.45, 2.75) is 20.4 Å². The van der Waals surface area contributed by atoms with Crippen LogP contribution in [0, 0.1) is 17.3 Å². The number of amides is 1. The van der Waals surface area contributed by atoms with Gasteiger partial charge < -0.3 is 5.32 Å². The van der Waals surface area contributed by atoms with Crippen LogP contribution in [0.4, 0.5) is 0 Å². The predicted molar refractivity (Wildman–Crippen MR) is 81.6 cm³/mol. The molecule has 0 saturated heterocycles. The Morgan fingerprint density at radius 1 is 1.50 bits per heavy atom. The largest absolute Gasteiger partial charge is 0.352 e. The molecule has 2 unspecified atom stereocenters. The van der Waals surface area contributed by atoms with E-state index in [0.29, 0.717) is 11.7 Å². The molecule has 1 saturated carbocycles. The van der Waals surface area contributed by atoms with Crippen molar-refractivity contribution in [3.05, 3.63) is 39.6 Å². The first-order chi connectivity index (χ1) is 9.34. The number of rotatable bonds is 4. The number of aromatic nitrogens is 1. The van der Waals surface area contributed by atoms with E-state index in [1.54, 1.807) is 18.3 Å². The zero-order chi connectivity index (χ0) is 14.9. The van der Waals surface area contributed by atoms with E-state index in [0.717, 1.165) is 5.56 Å². The molecule has 1 aromatic rings. The SMILES string of the molecule is CC1(C)C(C=C(Cl)Cl)C1C(=O)NCc1cccnc1Cl. The lowest BCUT2D eigenvalue weighted by Gasteiger charge is -2.07. The van der Waals surface area contributed by atoms with Crippen molar-refractivity contribution in [2.24, 2.45) is 17.3 Å². The van der Waals surface area contributed by atoms with Crippen molar-refractivity contribution in [2.75, 3.05) is 0 Å². The number of hydrogen-bond acceptors (Lipinski definition) is 2. The van der Waals surface area contributed by atoms with E-state index in [1.807, 2.05) is 19.9 Å². The van der Waals surface area contributed by atoms with Gasteiger partial charge in [-0.15, -0.1) is 0 Å². The van der Waals surface area contributed by atoms with Gasteiger partial charge in [0.1, 0.15) is 9.64 Å². The molecule has 2 atom stereocenters. The van der Waals surface area contributed by atoms with Crippen LogP contribution < -0.4 is 5.32 Å². The van der Waals surface area contributed by atoms with E-state index in [2.05, 4.69) is 10.3 Å². The van der Waals surface area contributed by atoms with Crippen molar-refractivity contribution >= 4 is 40.7 Å². The first-order valence-electron chi connectivity index (χ1n) is 6.24. The van der Waals surface area contributed by atoms with Gasteiger partial charge in [-0.25, -0.2) is 4.98 Å². The van der Waals surface area contributed by atoms with E-state index >= 15 is 0 Å². The van der Waals surface area contributed by atoms with E-state index in [4.69, 9.17) is 34.8 Å². The maximum absolute atomic E-state index is 12.2. The first-order valence-corrected chi connectivity index (χ1v) is 7.37. The van der Waals surface area contributed by atoms with Gasteiger partial charge in [-0.1, -0.05) is 54.7 Å². The molecule has 0 spiro atoms. The summed E-state index contributed by atoms with van der Waals surface area (Å²) in [4.78, 5) is 16.2. The number of nitrogens with zero attached hydrogens (tertiary/aromatic N) is 1. The van der Waals surface area contributed by atoms with Gasteiger partial charge in [-0.05, 0) is 23.5 Å². The molecule has 0 aromatic carbocycles. The van der Waals surface area contributed by atoms with Gasteiger partial charge in [-0.2, -0.15) is 0 Å². The third-order valence-electron chi connectivity index (χ3n) is 3.79. The molecule has 1 amide bonds. The van der Waals surface area contributed by atoms with Crippen molar-refractivity contribution in [3.63, 3.8) is 0 Å². The molecule has 2 rings (SSSR count). The number of carbonyl (C=O) groups is 1. The molecule has 3 nitrogen and oxygen atoms in total. The molecule has 1 aliphatic carbocycles. The monoisotopic (exact) mass is 332 g/mol. The molecule has 108 valence electrons. The lowest BCUT2D eigenvalue weighted by atomic mass is 10.1. The average molecular weight is 334 g/mol. The van der Waals surface area contributed by atoms with Gasteiger partial charge in [0, 0.05) is 18.3 Å². The Bertz CT molecular complexity index is 553. The summed E-state index contributed by atoms with van der Waals surface area (Å²) >= 11 is 17.3. The summed E-state index contributed by atoms with van der Waals surface area (Å²) in [6, 6.07) is 3.62. The van der Waals surface area contributed by atoms with Gasteiger partial charge in [0.05, 0.1) is 5.92 Å². The number of carbonyl (C=O) groups excluding carboxylic acids is 1. The standard InChI is InChI=1S/C14H15Cl3N2O/c1-14(2)9(6-10(15)16)11(14)13(20)19-7-8-4-3-5-18-12(8)17/h3-6,9,11H,7H2,1-2H3,(H,19,20). The van der Waals surface area contributed by atoms with Crippen LogP contribution in [0.15, 0.2) is 28.9 Å². The highest BCUT2D eigenvalue weighted by molar-refractivity contribution is 6.55. The number of allylic oxidation sites excluding steroid dienone is 1. The second kappa shape index (κ2) is 5.92. The molecule has 1 heterocycles. The summed E-state index contributed by atoms with van der Waals surface area (Å²) in [5, 5.41) is 3.29. The number of hydrogen-bond donors (Lipinski definition) is 1. The minimum atomic E-state index is -0.127. The van der Waals surface area contributed by atoms with E-state index in [-0.39, 0.29) is 27.6 Å². The Labute approximate surface area is 133 Å². The summed E-state index contributed by atoms with van der Waals surface area (Å²) in [5.41, 5.74) is 0.668. The normalized spacial score (nSPS) is 23.1. The zero-order valence-corrected chi connectivity index (χ0v) is 13.4. The van der Waals surface area contributed by atoms with Crippen LogP contribution in [0.5, 0.6) is 0 Å². The lowest BCUT2D eigenvalue weighted by Crippen LogP contribution is -2.26. The molecular formula is C14H15Cl3N2O. The van der Waals surface area contributed by atoms with Crippen LogP contribution in [0.2, 0.25) is 5.15 Å². The van der Waals surface area contributed by atoms with Gasteiger partial charge in [0.25, 0.3) is 0 Å². The molecule has 1 aliphatic rings. The summed E-state index contributed by atoms with van der Waals surface area (Å²) in [5.74, 6) is -0.0759. The highest BCUT2D eigenvalue weighted by Crippen LogP contribution is 2.59. The smallest absolute Gasteiger partial charge is 0.224 e. The van der Waals surface area contributed by atoms with Crippen molar-refractivity contribution in [1.29, 1.82) is 0 Å². The third-order valence-corrected chi connectivity index (χ3v) is 4.38. The topological polar surface area (TPSA) is 42.0 Å². The zero-order valence-electron chi connectivity index (χ0n) is 11.2. The highest BCUT2D eigenvalue weighted by atomic mass is 35.5. The molecule has 1 N–H and O–H groups in total. The number of halogens is 3. The highest BCUT2D eigenvalue weighted by Gasteiger charge is 2.60. The molecule has 6 heteroatoms. The summed E-state index contributed by atoms with van der Waals surface area (Å²) in [6.45, 7) is 4.40. The summed E-state index contributed by atoms with van der Waals surface area (Å²) < 4.78 is 0.202. The predicted octanol–water partition coefficient (Wildman–Crippen LogP) is 3.94. The molecule has 1 aromatic heterocycles. The fourth-order valence-corrected chi connectivity index (χ4v) is 2.93. The van der Waals surface area contributed by atoms with Gasteiger partial charge in [-0.3, -0.25) is 4.79 Å². The van der Waals surface area contributed by atoms with E-state index in [1.165, 1.54) is 0 Å². The first kappa shape index (κ1) is 15.6. The van der Waals surface area contributed by atoms with Crippen molar-refractivity contribution < 1.29 is 4.79 Å². The lowest BCUT2D eigenvalue weighted by molar-refractivity contribution is -0.123. The molecule has 0 radical (unpaired) electrons. The number of nitrogens with one attached hydrogen (secondary N) is 1. The minimum Gasteiger partial charge on any atom is -0.352 e. The third kappa shape index (κ3) is 3.27. The molecule has 0 bridgehead atoms. The van der Waals surface area contributed by atoms with Crippen molar-refractivity contribution in [3.8, 4) is 0 Å². The Morgan fingerprint density at radius 3 is 2.80 bits per heavy atom. The Balaban J connectivity index is 1.97. The fraction of sp³-hybridized carbons (Fsp3) is 0.429. The summed E-state index contributed by atoms with van der Waals surface area (Å²) in [7, 11) is 0. The van der Waals surface area contributed by atoms with Crippen LogP contribution in [-0.2, 0) is 11.3 Å². The van der Waals surface area contributed by atoms with Gasteiger partial charge in [0.2, 0.25) is 5.91 Å². The van der Waals surface area contributed by atoms with Crippen LogP contribution >= 0.6 is 34.8 Å². The minimum absolute atomic E-state index is 0.0225. The Hall–Kier alpha value is -0.770. The second-order valence-electron chi connectivity index (χ2n) is 5.45. The number of pyridine rings is 1. The molecule has 1 fully saturated rings. The Morgan fingerprint density at radius 2 is 2.20 bits per heavy atom. The van der Waals surface area contributed by atoms with Gasteiger partial charge >= 0.3 is 0 Å². The van der Waals surface area contributed by atoms with E-state index in [9.17, 15) is 4.79 Å². The quantitative estimate of drug-likeness (QED) is 0.848. The van der Waals surface area contributed by atoms with Crippen molar-refractivity contribution in [1.82, 2.24) is 10.3 Å². The molecule has 0 aliphatic heterocycles. The fourth-order valence-electron chi connectivity index (χ4n) is 2.47. The maximum atomic E-state index is 12.2. The maximum Gasteiger partial charge on any atom is 0.224 e. The van der Waals surface area contributed by atoms with E-state index < -0.39 is 0 Å². The van der Waals surface area contributed by atoms with Gasteiger partial charge in [0.15, 0.2) is 0 Å².